The third-order valence-corrected chi connectivity index (χ3v) is 15.8. The third-order valence-electron chi connectivity index (χ3n) is 13.7. The fourth-order valence-corrected chi connectivity index (χ4v) is 10.8. The Bertz CT molecular complexity index is 2290. The van der Waals surface area contributed by atoms with Crippen molar-refractivity contribution in [1.82, 2.24) is 24.8 Å². The summed E-state index contributed by atoms with van der Waals surface area (Å²) in [6.07, 6.45) is -2.54. The Balaban J connectivity index is 1.32. The second kappa shape index (κ2) is 16.9. The van der Waals surface area contributed by atoms with Crippen molar-refractivity contribution in [2.75, 3.05) is 26.9 Å². The van der Waals surface area contributed by atoms with Gasteiger partial charge in [0.15, 0.2) is 0 Å². The van der Waals surface area contributed by atoms with E-state index in [0.29, 0.717) is 56.7 Å². The Morgan fingerprint density at radius 3 is 2.52 bits per heavy atom. The molecule has 1 aromatic heterocycles. The van der Waals surface area contributed by atoms with Gasteiger partial charge in [0, 0.05) is 23.3 Å². The Morgan fingerprint density at radius 2 is 1.89 bits per heavy atom. The summed E-state index contributed by atoms with van der Waals surface area (Å²) >= 11 is 0. The van der Waals surface area contributed by atoms with Crippen LogP contribution < -0.4 is 24.2 Å². The maximum atomic E-state index is 15.3. The normalized spacial score (nSPS) is 28.6. The number of nitrogens with one attached hydrogen (secondary N) is 2. The minimum atomic E-state index is -5.13. The Kier molecular flexibility index (Phi) is 12.4. The van der Waals surface area contributed by atoms with Crippen LogP contribution in [0.1, 0.15) is 91.0 Å². The van der Waals surface area contributed by atoms with Gasteiger partial charge in [0.25, 0.3) is 5.91 Å². The molecule has 0 unspecified atom stereocenters. The lowest BCUT2D eigenvalue weighted by Crippen LogP contribution is -2.66. The van der Waals surface area contributed by atoms with Crippen LogP contribution in [0.4, 0.5) is 22.4 Å². The van der Waals surface area contributed by atoms with E-state index in [1.807, 2.05) is 11.6 Å². The second-order valence-electron chi connectivity index (χ2n) is 18.2. The second-order valence-corrected chi connectivity index (χ2v) is 20.3. The Labute approximate surface area is 363 Å². The lowest BCUT2D eigenvalue weighted by atomic mass is 9.82. The smallest absolute Gasteiger partial charge is 0.411 e. The molecule has 0 bridgehead atoms. The number of hydrogen-bond donors (Lipinski definition) is 3. The van der Waals surface area contributed by atoms with E-state index in [-0.39, 0.29) is 55.2 Å². The first-order valence-corrected chi connectivity index (χ1v) is 22.9. The zero-order valence-electron chi connectivity index (χ0n) is 35.9. The topological polar surface area (TPSA) is 194 Å². The summed E-state index contributed by atoms with van der Waals surface area (Å²) in [6.45, 7) is 3.64. The molecule has 346 valence electrons. The highest BCUT2D eigenvalue weighted by Gasteiger charge is 2.64. The quantitative estimate of drug-likeness (QED) is 0.192. The van der Waals surface area contributed by atoms with Crippen molar-refractivity contribution in [3.8, 4) is 17.5 Å². The number of amides is 4. The molecule has 1 aromatic carbocycles. The predicted molar refractivity (Wildman–Crippen MR) is 220 cm³/mol. The maximum Gasteiger partial charge on any atom is 0.411 e. The molecule has 2 saturated carbocycles. The van der Waals surface area contributed by atoms with Crippen molar-refractivity contribution in [2.24, 2.45) is 17.8 Å². The molecular formula is C43H55F4N5O10S. The highest BCUT2D eigenvalue weighted by molar-refractivity contribution is 7.91. The first kappa shape index (κ1) is 46.1. The van der Waals surface area contributed by atoms with Crippen LogP contribution in [0.25, 0.3) is 10.8 Å². The van der Waals surface area contributed by atoms with Gasteiger partial charge in [0.2, 0.25) is 33.6 Å². The monoisotopic (exact) mass is 909 g/mol. The predicted octanol–water partition coefficient (Wildman–Crippen LogP) is 5.83. The lowest BCUT2D eigenvalue weighted by molar-refractivity contribution is -0.222. The lowest BCUT2D eigenvalue weighted by Gasteiger charge is -2.46. The number of sulfonamides is 1. The van der Waals surface area contributed by atoms with Crippen LogP contribution in [0.3, 0.4) is 0 Å². The summed E-state index contributed by atoms with van der Waals surface area (Å²) in [6, 6.07) is 1.75. The van der Waals surface area contributed by atoms with Gasteiger partial charge in [0.05, 0.1) is 20.3 Å². The number of carbonyl (C=O) groups excluding carboxylic acids is 3. The van der Waals surface area contributed by atoms with Crippen molar-refractivity contribution in [1.29, 1.82) is 0 Å². The van der Waals surface area contributed by atoms with E-state index in [1.54, 1.807) is 37.3 Å². The van der Waals surface area contributed by atoms with Crippen molar-refractivity contribution >= 4 is 44.6 Å². The number of alkyl halides is 4. The van der Waals surface area contributed by atoms with Gasteiger partial charge in [-0.15, -0.1) is 0 Å². The number of aryl methyl sites for hydroxylation is 1. The molecule has 5 aliphatic rings. The summed E-state index contributed by atoms with van der Waals surface area (Å²) in [4.78, 5) is 63.0. The highest BCUT2D eigenvalue weighted by Crippen LogP contribution is 2.49. The first-order valence-electron chi connectivity index (χ1n) is 21.4. The molecule has 7 atom stereocenters. The summed E-state index contributed by atoms with van der Waals surface area (Å²) < 4.78 is 103. The Hall–Kier alpha value is -4.88. The average Bonchev–Trinajstić information content (AvgIpc) is 4.14. The molecule has 2 aliphatic carbocycles. The number of methoxy groups -OCH3 is 1. The van der Waals surface area contributed by atoms with Crippen LogP contribution in [-0.4, -0.2) is 119 Å². The van der Waals surface area contributed by atoms with E-state index in [2.05, 4.69) is 10.3 Å². The number of aromatic nitrogens is 1. The van der Waals surface area contributed by atoms with E-state index in [0.717, 1.165) is 22.3 Å². The maximum absolute atomic E-state index is 15.3. The number of allylic oxidation sites excluding steroid dienone is 1. The van der Waals surface area contributed by atoms with Gasteiger partial charge in [-0.05, 0) is 101 Å². The molecule has 4 heterocycles. The van der Waals surface area contributed by atoms with E-state index in [1.165, 1.54) is 7.11 Å². The van der Waals surface area contributed by atoms with E-state index >= 15 is 4.79 Å². The molecular weight excluding hydrogens is 855 g/mol. The number of hydrogen-bond acceptors (Lipinski definition) is 10. The van der Waals surface area contributed by atoms with Gasteiger partial charge in [-0.1, -0.05) is 32.4 Å². The Morgan fingerprint density at radius 1 is 1.16 bits per heavy atom. The number of ether oxygens (including phenoxy) is 3. The highest BCUT2D eigenvalue weighted by atomic mass is 32.2. The molecule has 3 aliphatic heterocycles. The van der Waals surface area contributed by atoms with Crippen LogP contribution >= 0.6 is 0 Å². The van der Waals surface area contributed by atoms with E-state index < -0.39 is 99.1 Å². The number of pyridine rings is 1. The van der Waals surface area contributed by atoms with Crippen LogP contribution in [0.15, 0.2) is 30.4 Å². The van der Waals surface area contributed by atoms with Crippen LogP contribution in [0.5, 0.6) is 17.5 Å². The molecule has 0 spiro atoms. The fourth-order valence-electron chi connectivity index (χ4n) is 9.37. The summed E-state index contributed by atoms with van der Waals surface area (Å²) in [5.74, 6) is -4.07. The van der Waals surface area contributed by atoms with Crippen LogP contribution in [0, 0.1) is 17.8 Å². The minimum Gasteiger partial charge on any atom is -0.497 e. The first-order chi connectivity index (χ1) is 29.6. The van der Waals surface area contributed by atoms with Crippen LogP contribution in [0.2, 0.25) is 0 Å². The minimum absolute atomic E-state index is 0.0000190. The molecule has 3 N–H and O–H groups in total. The number of benzene rings is 1. The molecule has 0 radical (unpaired) electrons. The van der Waals surface area contributed by atoms with Gasteiger partial charge < -0.3 is 29.5 Å². The van der Waals surface area contributed by atoms with Gasteiger partial charge in [0.1, 0.15) is 46.4 Å². The number of fused-ring (bicyclic) bond motifs is 5. The van der Waals surface area contributed by atoms with Crippen molar-refractivity contribution in [3.63, 3.8) is 0 Å². The number of nitrogens with zero attached hydrogens (tertiary/aromatic N) is 3. The standard InChI is InChI=1S/C43H55F4N5O10S/c1-6-25-18-24(2)10-7-8-11-26-21-42(26,38(55)50-63(58,59)41(23-44)15-16-41)49-34(53)32-20-28(22-51(32)37(54)33(25)52(39(56)57)40(3,4)43(45,46)47)62-36-30-14-13-27(60-5)19-31(30)29-12-9-17-61-35(29)48-36/h8,11,13-14,19,24-26,28,32-33H,6-7,9-10,12,15-18,20-23H2,1-5H3,(H,49,53)(H,50,55)(H,56,57)/t24-,25-,26-,28-,32+,33+,42-/m1/s1. The van der Waals surface area contributed by atoms with Crippen molar-refractivity contribution < 1.29 is 64.5 Å². The molecule has 2 aromatic rings. The zero-order chi connectivity index (χ0) is 45.9. The van der Waals surface area contributed by atoms with Gasteiger partial charge >= 0.3 is 12.3 Å². The summed E-state index contributed by atoms with van der Waals surface area (Å²) in [5, 5.41) is 14.6. The molecule has 63 heavy (non-hydrogen) atoms. The summed E-state index contributed by atoms with van der Waals surface area (Å²) in [5.41, 5.74) is -4.11. The molecule has 15 nitrogen and oxygen atoms in total. The third kappa shape index (κ3) is 8.47. The molecule has 7 rings (SSSR count). The van der Waals surface area contributed by atoms with E-state index in [9.17, 15) is 45.5 Å². The van der Waals surface area contributed by atoms with Gasteiger partial charge in [-0.25, -0.2) is 17.6 Å². The number of halogens is 4. The largest absolute Gasteiger partial charge is 0.497 e. The van der Waals surface area contributed by atoms with Crippen LogP contribution in [-0.2, 0) is 30.8 Å². The number of carbonyl (C=O) groups is 4. The SMILES string of the molecule is CC[C@@H]1C[C@H](C)CCC=C[C@@H]2C[C@@]2(C(=O)NS(=O)(=O)C2(CF)CC2)NC(=O)[C@@H]2C[C@@H](Oc3nc4c(c5cc(OC)ccc35)CCCO4)CN2C(=O)[C@H]1N(C(=O)O)C(C)(C)C(F)(F)F. The van der Waals surface area contributed by atoms with Gasteiger partial charge in [-0.3, -0.25) is 24.0 Å². The number of rotatable bonds is 10. The molecule has 4 amide bonds. The van der Waals surface area contributed by atoms with Crippen molar-refractivity contribution in [2.45, 2.75) is 132 Å². The van der Waals surface area contributed by atoms with Crippen molar-refractivity contribution in [3.05, 3.63) is 35.9 Å². The van der Waals surface area contributed by atoms with Gasteiger partial charge in [-0.2, -0.15) is 18.2 Å². The van der Waals surface area contributed by atoms with E-state index in [4.69, 9.17) is 14.2 Å². The zero-order valence-corrected chi connectivity index (χ0v) is 36.7. The molecule has 3 fully saturated rings. The average molecular weight is 910 g/mol. The molecule has 20 heteroatoms. The summed E-state index contributed by atoms with van der Waals surface area (Å²) in [7, 11) is -3.00. The fraction of sp³-hybridized carbons (Fsp3) is 0.651. The molecule has 1 saturated heterocycles. The number of carboxylic acid groups (broad SMARTS) is 1.